The smallest absolute Gasteiger partial charge is 0.245 e. The van der Waals surface area contributed by atoms with E-state index in [1.165, 1.54) is 4.31 Å². The SMILES string of the molecule is Cc1ccc2nsnc2c1S(=O)(=O)N1C[C@@H]2CC[C@H](C1)N(C)C2=O. The zero-order chi connectivity index (χ0) is 17.1. The molecular weight excluding hydrogens is 348 g/mol. The zero-order valence-corrected chi connectivity index (χ0v) is 15.1. The van der Waals surface area contributed by atoms with Crippen molar-refractivity contribution >= 4 is 38.7 Å². The molecule has 0 saturated carbocycles. The molecule has 0 radical (unpaired) electrons. The quantitative estimate of drug-likeness (QED) is 0.798. The number of carbonyl (C=O) groups excluding carboxylic acids is 1. The van der Waals surface area contributed by atoms with Crippen LogP contribution in [-0.4, -0.2) is 58.5 Å². The number of fused-ring (bicyclic) bond motifs is 5. The highest BCUT2D eigenvalue weighted by atomic mass is 32.2. The number of piperidine rings is 1. The van der Waals surface area contributed by atoms with Crippen molar-refractivity contribution in [2.45, 2.75) is 30.7 Å². The van der Waals surface area contributed by atoms with Gasteiger partial charge in [-0.05, 0) is 31.4 Å². The molecule has 1 aromatic carbocycles. The summed E-state index contributed by atoms with van der Waals surface area (Å²) in [6, 6.07) is 3.50. The topological polar surface area (TPSA) is 83.5 Å². The van der Waals surface area contributed by atoms with Crippen LogP contribution >= 0.6 is 11.7 Å². The van der Waals surface area contributed by atoms with Gasteiger partial charge >= 0.3 is 0 Å². The lowest BCUT2D eigenvalue weighted by atomic mass is 9.95. The molecule has 2 bridgehead atoms. The zero-order valence-electron chi connectivity index (χ0n) is 13.5. The van der Waals surface area contributed by atoms with E-state index >= 15 is 0 Å². The molecule has 2 aromatic rings. The van der Waals surface area contributed by atoms with Crippen LogP contribution in [0.1, 0.15) is 18.4 Å². The molecular formula is C15H18N4O3S2. The van der Waals surface area contributed by atoms with Crippen LogP contribution in [0.5, 0.6) is 0 Å². The van der Waals surface area contributed by atoms with Gasteiger partial charge in [0.2, 0.25) is 15.9 Å². The molecule has 3 aliphatic heterocycles. The molecule has 0 spiro atoms. The number of sulfonamides is 1. The van der Waals surface area contributed by atoms with E-state index < -0.39 is 10.0 Å². The van der Waals surface area contributed by atoms with Crippen LogP contribution in [0.25, 0.3) is 11.0 Å². The Hall–Kier alpha value is -1.58. The Morgan fingerprint density at radius 1 is 1.21 bits per heavy atom. The molecule has 1 amide bonds. The van der Waals surface area contributed by atoms with Gasteiger partial charge in [-0.1, -0.05) is 6.07 Å². The molecule has 0 N–H and O–H groups in total. The van der Waals surface area contributed by atoms with Crippen molar-refractivity contribution in [1.29, 1.82) is 0 Å². The Balaban J connectivity index is 1.82. The molecule has 3 aliphatic rings. The minimum atomic E-state index is -3.73. The maximum absolute atomic E-state index is 13.3. The van der Waals surface area contributed by atoms with Crippen LogP contribution in [0.3, 0.4) is 0 Å². The van der Waals surface area contributed by atoms with Crippen LogP contribution in [0, 0.1) is 12.8 Å². The lowest BCUT2D eigenvalue weighted by Gasteiger charge is -2.32. The molecule has 128 valence electrons. The summed E-state index contributed by atoms with van der Waals surface area (Å²) >= 11 is 1.01. The Kier molecular flexibility index (Phi) is 3.63. The van der Waals surface area contributed by atoms with E-state index in [1.54, 1.807) is 31.0 Å². The van der Waals surface area contributed by atoms with Crippen molar-refractivity contribution in [3.05, 3.63) is 17.7 Å². The maximum Gasteiger partial charge on any atom is 0.245 e. The average Bonchev–Trinajstić information content (AvgIpc) is 2.83. The molecule has 0 unspecified atom stereocenters. The summed E-state index contributed by atoms with van der Waals surface area (Å²) in [7, 11) is -1.96. The minimum Gasteiger partial charge on any atom is -0.341 e. The van der Waals surface area contributed by atoms with Gasteiger partial charge in [-0.15, -0.1) is 0 Å². The second-order valence-electron chi connectivity index (χ2n) is 6.54. The molecule has 1 aromatic heterocycles. The number of hydrogen-bond acceptors (Lipinski definition) is 6. The Morgan fingerprint density at radius 3 is 2.79 bits per heavy atom. The average molecular weight is 366 g/mol. The predicted molar refractivity (Wildman–Crippen MR) is 90.2 cm³/mol. The third-order valence-corrected chi connectivity index (χ3v) is 7.66. The summed E-state index contributed by atoms with van der Waals surface area (Å²) in [5.41, 5.74) is 1.68. The molecule has 3 fully saturated rings. The Labute approximate surface area is 144 Å². The van der Waals surface area contributed by atoms with Crippen LogP contribution in [0.15, 0.2) is 17.0 Å². The van der Waals surface area contributed by atoms with Crippen LogP contribution in [0.4, 0.5) is 0 Å². The van der Waals surface area contributed by atoms with Gasteiger partial charge in [-0.25, -0.2) is 8.42 Å². The van der Waals surface area contributed by atoms with Gasteiger partial charge in [-0.2, -0.15) is 13.1 Å². The molecule has 4 heterocycles. The number of aromatic nitrogens is 2. The number of benzene rings is 1. The van der Waals surface area contributed by atoms with Crippen LogP contribution in [0.2, 0.25) is 0 Å². The standard InChI is InChI=1S/C15H18N4O3S2/c1-9-3-6-12-13(17-23-16-12)14(9)24(21,22)19-7-10-4-5-11(8-19)18(2)15(10)20/h3,6,10-11H,4-5,7-8H2,1-2H3/t10-,11+/m0/s1. The largest absolute Gasteiger partial charge is 0.341 e. The van der Waals surface area contributed by atoms with Gasteiger partial charge in [0.25, 0.3) is 0 Å². The van der Waals surface area contributed by atoms with Crippen molar-refractivity contribution in [2.24, 2.45) is 5.92 Å². The lowest BCUT2D eigenvalue weighted by Crippen LogP contribution is -2.45. The molecule has 2 atom stereocenters. The monoisotopic (exact) mass is 366 g/mol. The normalized spacial score (nSPS) is 25.4. The number of nitrogens with zero attached hydrogens (tertiary/aromatic N) is 4. The van der Waals surface area contributed by atoms with Gasteiger partial charge in [-0.3, -0.25) is 4.79 Å². The first-order valence-corrected chi connectivity index (χ1v) is 10.1. The Bertz CT molecular complexity index is 924. The van der Waals surface area contributed by atoms with Crippen LogP contribution in [-0.2, 0) is 14.8 Å². The summed E-state index contributed by atoms with van der Waals surface area (Å²) in [4.78, 5) is 14.3. The van der Waals surface area contributed by atoms with Crippen molar-refractivity contribution in [2.75, 3.05) is 20.1 Å². The summed E-state index contributed by atoms with van der Waals surface area (Å²) < 4.78 is 36.5. The number of hydrogen-bond donors (Lipinski definition) is 0. The molecule has 3 saturated heterocycles. The maximum atomic E-state index is 13.3. The van der Waals surface area contributed by atoms with E-state index in [-0.39, 0.29) is 29.3 Å². The fourth-order valence-corrected chi connectivity index (χ4v) is 6.17. The first-order chi connectivity index (χ1) is 11.4. The molecule has 24 heavy (non-hydrogen) atoms. The summed E-state index contributed by atoms with van der Waals surface area (Å²) in [5.74, 6) is -0.203. The van der Waals surface area contributed by atoms with Crippen molar-refractivity contribution in [1.82, 2.24) is 18.0 Å². The van der Waals surface area contributed by atoms with Gasteiger partial charge in [0.1, 0.15) is 15.9 Å². The molecule has 7 nitrogen and oxygen atoms in total. The second-order valence-corrected chi connectivity index (χ2v) is 8.95. The number of carbonyl (C=O) groups is 1. The van der Waals surface area contributed by atoms with Crippen molar-refractivity contribution in [3.8, 4) is 0 Å². The lowest BCUT2D eigenvalue weighted by molar-refractivity contribution is -0.138. The van der Waals surface area contributed by atoms with Gasteiger partial charge in [0.15, 0.2) is 0 Å². The van der Waals surface area contributed by atoms with Crippen molar-refractivity contribution < 1.29 is 13.2 Å². The summed E-state index contributed by atoms with van der Waals surface area (Å²) in [5, 5.41) is 0. The van der Waals surface area contributed by atoms with Gasteiger partial charge in [0, 0.05) is 26.2 Å². The van der Waals surface area contributed by atoms with E-state index in [9.17, 15) is 13.2 Å². The first kappa shape index (κ1) is 15.9. The van der Waals surface area contributed by atoms with E-state index in [0.717, 1.165) is 24.6 Å². The van der Waals surface area contributed by atoms with Crippen molar-refractivity contribution in [3.63, 3.8) is 0 Å². The molecule has 5 rings (SSSR count). The fourth-order valence-electron chi connectivity index (χ4n) is 3.70. The van der Waals surface area contributed by atoms with E-state index in [4.69, 9.17) is 0 Å². The van der Waals surface area contributed by atoms with Gasteiger partial charge in [0.05, 0.1) is 17.6 Å². The number of rotatable bonds is 2. The number of likely N-dealkylation sites (N-methyl/N-ethyl adjacent to an activating group) is 1. The van der Waals surface area contributed by atoms with E-state index in [2.05, 4.69) is 8.75 Å². The molecule has 9 heteroatoms. The van der Waals surface area contributed by atoms with E-state index in [0.29, 0.717) is 23.1 Å². The van der Waals surface area contributed by atoms with Gasteiger partial charge < -0.3 is 4.90 Å². The highest BCUT2D eigenvalue weighted by Crippen LogP contribution is 2.34. The first-order valence-electron chi connectivity index (χ1n) is 7.88. The van der Waals surface area contributed by atoms with Crippen LogP contribution < -0.4 is 0 Å². The number of amides is 1. The third kappa shape index (κ3) is 2.26. The minimum absolute atomic E-state index is 0.0502. The number of aryl methyl sites for hydroxylation is 1. The highest BCUT2D eigenvalue weighted by Gasteiger charge is 2.43. The Morgan fingerprint density at radius 2 is 2.00 bits per heavy atom. The fraction of sp³-hybridized carbons (Fsp3) is 0.533. The summed E-state index contributed by atoms with van der Waals surface area (Å²) in [6.07, 6.45) is 1.60. The predicted octanol–water partition coefficient (Wildman–Crippen LogP) is 1.24. The highest BCUT2D eigenvalue weighted by molar-refractivity contribution is 7.89. The second kappa shape index (κ2) is 5.47. The summed E-state index contributed by atoms with van der Waals surface area (Å²) in [6.45, 7) is 2.36. The molecule has 0 aliphatic carbocycles. The third-order valence-electron chi connectivity index (χ3n) is 5.11. The van der Waals surface area contributed by atoms with E-state index in [1.807, 2.05) is 0 Å².